The molecule has 0 saturated carbocycles. The maximum Gasteiger partial charge on any atom is 0.317 e. The van der Waals surface area contributed by atoms with Crippen molar-refractivity contribution < 1.29 is 9.90 Å². The zero-order valence-electron chi connectivity index (χ0n) is 18.7. The molecule has 0 aromatic heterocycles. The van der Waals surface area contributed by atoms with Crippen molar-refractivity contribution in [3.05, 3.63) is 0 Å². The van der Waals surface area contributed by atoms with Crippen molar-refractivity contribution in [2.24, 2.45) is 0 Å². The molecule has 0 spiro atoms. The highest BCUT2D eigenvalue weighted by Gasteiger charge is 2.21. The summed E-state index contributed by atoms with van der Waals surface area (Å²) in [5.74, 6) is 0. The second-order valence-corrected chi connectivity index (χ2v) is 8.78. The Kier molecular flexibility index (Phi) is 16.5. The van der Waals surface area contributed by atoms with Gasteiger partial charge in [-0.15, -0.1) is 0 Å². The van der Waals surface area contributed by atoms with E-state index in [2.05, 4.69) is 12.2 Å². The molecular weight excluding hydrogens is 348 g/mol. The number of aliphatic hydroxyl groups is 1. The fourth-order valence-corrected chi connectivity index (χ4v) is 4.12. The van der Waals surface area contributed by atoms with Gasteiger partial charge in [0.15, 0.2) is 0 Å². The van der Waals surface area contributed by atoms with E-state index >= 15 is 0 Å². The Hall–Kier alpha value is -0.770. The Morgan fingerprint density at radius 3 is 1.75 bits per heavy atom. The van der Waals surface area contributed by atoms with Crippen molar-refractivity contribution in [1.29, 1.82) is 0 Å². The second kappa shape index (κ2) is 18.3. The number of hydrogen-bond donors (Lipinski definition) is 2. The smallest absolute Gasteiger partial charge is 0.317 e. The first-order valence-corrected chi connectivity index (χ1v) is 12.4. The number of nitrogens with zero attached hydrogens (tertiary/aromatic N) is 1. The highest BCUT2D eigenvalue weighted by Crippen LogP contribution is 2.14. The molecule has 0 bridgehead atoms. The number of urea groups is 1. The molecule has 1 fully saturated rings. The van der Waals surface area contributed by atoms with Gasteiger partial charge in [-0.25, -0.2) is 4.79 Å². The molecule has 1 atom stereocenters. The van der Waals surface area contributed by atoms with Gasteiger partial charge >= 0.3 is 6.03 Å². The average Bonchev–Trinajstić information content (AvgIpc) is 2.70. The van der Waals surface area contributed by atoms with E-state index in [9.17, 15) is 9.90 Å². The number of rotatable bonds is 17. The van der Waals surface area contributed by atoms with E-state index in [0.717, 1.165) is 32.4 Å². The number of unbranched alkanes of at least 4 members (excludes halogenated alkanes) is 15. The van der Waals surface area contributed by atoms with Crippen LogP contribution in [-0.2, 0) is 0 Å². The van der Waals surface area contributed by atoms with Crippen molar-refractivity contribution >= 4 is 6.03 Å². The molecule has 0 aromatic carbocycles. The van der Waals surface area contributed by atoms with Crippen LogP contribution in [0.3, 0.4) is 0 Å². The molecule has 0 radical (unpaired) electrons. The van der Waals surface area contributed by atoms with Crippen LogP contribution in [0.15, 0.2) is 0 Å². The van der Waals surface area contributed by atoms with E-state index in [1.165, 1.54) is 96.3 Å². The highest BCUT2D eigenvalue weighted by atomic mass is 16.3. The van der Waals surface area contributed by atoms with Gasteiger partial charge < -0.3 is 15.3 Å². The average molecular weight is 397 g/mol. The molecular formula is C24H48N2O2. The number of nitrogens with one attached hydrogen (secondary N) is 1. The Balaban J connectivity index is 1.74. The summed E-state index contributed by atoms with van der Waals surface area (Å²) < 4.78 is 0. The summed E-state index contributed by atoms with van der Waals surface area (Å²) in [4.78, 5) is 13.8. The molecule has 28 heavy (non-hydrogen) atoms. The van der Waals surface area contributed by atoms with E-state index < -0.39 is 0 Å². The third-order valence-corrected chi connectivity index (χ3v) is 5.99. The minimum Gasteiger partial charge on any atom is -0.391 e. The Morgan fingerprint density at radius 1 is 0.821 bits per heavy atom. The predicted molar refractivity (Wildman–Crippen MR) is 120 cm³/mol. The first-order valence-electron chi connectivity index (χ1n) is 12.4. The zero-order chi connectivity index (χ0) is 20.3. The summed E-state index contributed by atoms with van der Waals surface area (Å²) in [6.45, 7) is 4.32. The summed E-state index contributed by atoms with van der Waals surface area (Å²) in [6, 6.07) is -0.000269. The predicted octanol–water partition coefficient (Wildman–Crippen LogP) is 6.41. The lowest BCUT2D eigenvalue weighted by Gasteiger charge is -2.30. The normalized spacial score (nSPS) is 17.1. The number of carbonyl (C=O) groups excluding carboxylic acids is 1. The summed E-state index contributed by atoms with van der Waals surface area (Å²) in [7, 11) is 0. The monoisotopic (exact) mass is 396 g/mol. The molecule has 1 heterocycles. The molecule has 4 nitrogen and oxygen atoms in total. The molecule has 0 aliphatic carbocycles. The lowest BCUT2D eigenvalue weighted by Crippen LogP contribution is -2.47. The molecule has 1 rings (SSSR count). The lowest BCUT2D eigenvalue weighted by molar-refractivity contribution is 0.0843. The van der Waals surface area contributed by atoms with Gasteiger partial charge in [0, 0.05) is 19.6 Å². The number of hydrogen-bond acceptors (Lipinski definition) is 2. The van der Waals surface area contributed by atoms with Gasteiger partial charge in [0.2, 0.25) is 0 Å². The number of carbonyl (C=O) groups is 1. The number of β-amino-alcohol motifs (C(OH)–C–C–N with tert-alkyl or cyclic N) is 1. The van der Waals surface area contributed by atoms with Crippen LogP contribution in [0.25, 0.3) is 0 Å². The van der Waals surface area contributed by atoms with E-state index in [1.54, 1.807) is 4.90 Å². The molecule has 166 valence electrons. The summed E-state index contributed by atoms with van der Waals surface area (Å²) in [5.41, 5.74) is 0. The Bertz CT molecular complexity index is 363. The van der Waals surface area contributed by atoms with Gasteiger partial charge in [-0.05, 0) is 19.3 Å². The van der Waals surface area contributed by atoms with Gasteiger partial charge in [-0.1, -0.05) is 103 Å². The minimum absolute atomic E-state index is 0.000269. The lowest BCUT2D eigenvalue weighted by atomic mass is 10.0. The van der Waals surface area contributed by atoms with E-state index in [4.69, 9.17) is 0 Å². The van der Waals surface area contributed by atoms with Gasteiger partial charge in [-0.3, -0.25) is 0 Å². The molecule has 2 amide bonds. The van der Waals surface area contributed by atoms with Crippen molar-refractivity contribution in [3.63, 3.8) is 0 Å². The Labute approximate surface area is 174 Å². The topological polar surface area (TPSA) is 52.6 Å². The van der Waals surface area contributed by atoms with Gasteiger partial charge in [0.25, 0.3) is 0 Å². The van der Waals surface area contributed by atoms with Crippen LogP contribution >= 0.6 is 0 Å². The van der Waals surface area contributed by atoms with E-state index in [0.29, 0.717) is 6.54 Å². The highest BCUT2D eigenvalue weighted by molar-refractivity contribution is 5.74. The molecule has 1 aliphatic rings. The Morgan fingerprint density at radius 2 is 1.29 bits per heavy atom. The molecule has 0 aromatic rings. The van der Waals surface area contributed by atoms with E-state index in [-0.39, 0.29) is 12.1 Å². The summed E-state index contributed by atoms with van der Waals surface area (Å²) in [5, 5.41) is 12.6. The third-order valence-electron chi connectivity index (χ3n) is 5.99. The second-order valence-electron chi connectivity index (χ2n) is 8.78. The summed E-state index contributed by atoms with van der Waals surface area (Å²) >= 11 is 0. The third kappa shape index (κ3) is 14.3. The number of aliphatic hydroxyl groups excluding tert-OH is 1. The largest absolute Gasteiger partial charge is 0.391 e. The SMILES string of the molecule is CCCCCCCCCCCCCCCCCCNC(=O)N1CCCC(O)C1. The molecule has 1 saturated heterocycles. The van der Waals surface area contributed by atoms with Crippen LogP contribution in [0.4, 0.5) is 4.79 Å². The fourth-order valence-electron chi connectivity index (χ4n) is 4.12. The van der Waals surface area contributed by atoms with Crippen molar-refractivity contribution in [2.45, 2.75) is 129 Å². The van der Waals surface area contributed by atoms with Crippen molar-refractivity contribution in [3.8, 4) is 0 Å². The van der Waals surface area contributed by atoms with Crippen molar-refractivity contribution in [1.82, 2.24) is 10.2 Å². The molecule has 2 N–H and O–H groups in total. The van der Waals surface area contributed by atoms with E-state index in [1.807, 2.05) is 0 Å². The minimum atomic E-state index is -0.338. The number of piperidine rings is 1. The first kappa shape index (κ1) is 25.3. The van der Waals surface area contributed by atoms with Crippen LogP contribution < -0.4 is 5.32 Å². The zero-order valence-corrected chi connectivity index (χ0v) is 18.7. The number of amides is 2. The molecule has 1 unspecified atom stereocenters. The molecule has 1 aliphatic heterocycles. The van der Waals surface area contributed by atoms with Crippen LogP contribution in [0.5, 0.6) is 0 Å². The summed E-state index contributed by atoms with van der Waals surface area (Å²) in [6.07, 6.45) is 23.3. The maximum absolute atomic E-state index is 12.0. The van der Waals surface area contributed by atoms with Crippen LogP contribution in [0, 0.1) is 0 Å². The van der Waals surface area contributed by atoms with Crippen LogP contribution in [0.2, 0.25) is 0 Å². The molecule has 4 heteroatoms. The van der Waals surface area contributed by atoms with Gasteiger partial charge in [0.1, 0.15) is 0 Å². The quantitative estimate of drug-likeness (QED) is 0.279. The van der Waals surface area contributed by atoms with Gasteiger partial charge in [0.05, 0.1) is 6.10 Å². The van der Waals surface area contributed by atoms with Crippen LogP contribution in [0.1, 0.15) is 122 Å². The first-order chi connectivity index (χ1) is 13.7. The van der Waals surface area contributed by atoms with Gasteiger partial charge in [-0.2, -0.15) is 0 Å². The van der Waals surface area contributed by atoms with Crippen LogP contribution in [-0.4, -0.2) is 41.8 Å². The maximum atomic E-state index is 12.0. The standard InChI is InChI=1S/C24H48N2O2/c1-2-3-4-5-6-7-8-9-10-11-12-13-14-15-16-17-20-25-24(28)26-21-18-19-23(27)22-26/h23,27H,2-22H2,1H3,(H,25,28). The van der Waals surface area contributed by atoms with Crippen molar-refractivity contribution in [2.75, 3.05) is 19.6 Å². The fraction of sp³-hybridized carbons (Fsp3) is 0.958. The number of likely N-dealkylation sites (tertiary alicyclic amines) is 1.